The van der Waals surface area contributed by atoms with Crippen LogP contribution in [0.4, 0.5) is 5.13 Å². The first kappa shape index (κ1) is 16.4. The molecule has 0 atom stereocenters. The summed E-state index contributed by atoms with van der Waals surface area (Å²) in [4.78, 5) is 31.8. The third kappa shape index (κ3) is 4.24. The van der Waals surface area contributed by atoms with Crippen molar-refractivity contribution in [2.24, 2.45) is 0 Å². The molecule has 0 bridgehead atoms. The van der Waals surface area contributed by atoms with Crippen LogP contribution in [0.3, 0.4) is 0 Å². The summed E-state index contributed by atoms with van der Waals surface area (Å²) in [5.74, 6) is 1.12. The van der Waals surface area contributed by atoms with Crippen LogP contribution in [0.15, 0.2) is 16.8 Å². The minimum atomic E-state index is -0.206. The molecule has 0 unspecified atom stereocenters. The molecule has 0 aliphatic rings. The van der Waals surface area contributed by atoms with Crippen LogP contribution in [0, 0.1) is 0 Å². The number of nitrogens with zero attached hydrogens (tertiary/aromatic N) is 2. The summed E-state index contributed by atoms with van der Waals surface area (Å²) in [7, 11) is 0. The lowest BCUT2D eigenvalue weighted by Gasteiger charge is -2.12. The molecule has 1 amide bonds. The maximum atomic E-state index is 12.1. The van der Waals surface area contributed by atoms with Crippen LogP contribution < -0.4 is 5.32 Å². The number of oxazole rings is 1. The van der Waals surface area contributed by atoms with E-state index in [1.54, 1.807) is 6.20 Å². The minimum absolute atomic E-state index is 0.0374. The second-order valence-corrected chi connectivity index (χ2v) is 7.03. The first-order chi connectivity index (χ1) is 10.3. The van der Waals surface area contributed by atoms with Gasteiger partial charge in [0.05, 0.1) is 17.3 Å². The lowest BCUT2D eigenvalue weighted by Crippen LogP contribution is -2.09. The number of nitrogens with one attached hydrogen (secondary N) is 1. The fourth-order valence-corrected chi connectivity index (χ4v) is 2.56. The Balaban J connectivity index is 1.94. The quantitative estimate of drug-likeness (QED) is 0.855. The van der Waals surface area contributed by atoms with Gasteiger partial charge < -0.3 is 9.73 Å². The van der Waals surface area contributed by atoms with E-state index in [1.165, 1.54) is 24.5 Å². The number of rotatable bonds is 5. The van der Waals surface area contributed by atoms with Crippen LogP contribution in [-0.4, -0.2) is 21.7 Å². The normalized spacial score (nSPS) is 11.5. The zero-order chi connectivity index (χ0) is 16.3. The highest BCUT2D eigenvalue weighted by Gasteiger charge is 2.20. The topological polar surface area (TPSA) is 85.1 Å². The van der Waals surface area contributed by atoms with Gasteiger partial charge in [0.1, 0.15) is 5.76 Å². The average Bonchev–Trinajstić information content (AvgIpc) is 3.03. The number of thiazole rings is 1. The highest BCUT2D eigenvalue weighted by atomic mass is 32.1. The van der Waals surface area contributed by atoms with Gasteiger partial charge in [-0.25, -0.2) is 9.97 Å². The van der Waals surface area contributed by atoms with Crippen molar-refractivity contribution in [3.8, 4) is 0 Å². The van der Waals surface area contributed by atoms with E-state index in [4.69, 9.17) is 4.42 Å². The molecule has 22 heavy (non-hydrogen) atoms. The molecule has 7 heteroatoms. The molecule has 0 aliphatic carbocycles. The van der Waals surface area contributed by atoms with Gasteiger partial charge in [0.15, 0.2) is 16.8 Å². The predicted octanol–water partition coefficient (Wildman–Crippen LogP) is 3.20. The van der Waals surface area contributed by atoms with Gasteiger partial charge in [-0.3, -0.25) is 9.59 Å². The zero-order valence-corrected chi connectivity index (χ0v) is 13.9. The molecule has 6 nitrogen and oxygen atoms in total. The van der Waals surface area contributed by atoms with Crippen LogP contribution in [0.2, 0.25) is 0 Å². The Kier molecular flexibility index (Phi) is 4.75. The highest BCUT2D eigenvalue weighted by molar-refractivity contribution is 7.17. The molecular weight excluding hydrogens is 302 g/mol. The molecule has 0 spiro atoms. The lowest BCUT2D eigenvalue weighted by molar-refractivity contribution is -0.114. The number of aryl methyl sites for hydroxylation is 1. The monoisotopic (exact) mass is 321 g/mol. The molecule has 0 fully saturated rings. The van der Waals surface area contributed by atoms with Crippen LogP contribution >= 0.6 is 11.3 Å². The highest BCUT2D eigenvalue weighted by Crippen LogP contribution is 2.24. The Labute approximate surface area is 133 Å². The van der Waals surface area contributed by atoms with Crippen LogP contribution in [0.25, 0.3) is 0 Å². The Bertz CT molecular complexity index is 682. The van der Waals surface area contributed by atoms with Gasteiger partial charge in [-0.05, 0) is 0 Å². The smallest absolute Gasteiger partial charge is 0.223 e. The molecule has 0 radical (unpaired) electrons. The van der Waals surface area contributed by atoms with E-state index in [-0.39, 0.29) is 17.1 Å². The summed E-state index contributed by atoms with van der Waals surface area (Å²) in [6, 6.07) is 0. The zero-order valence-electron chi connectivity index (χ0n) is 13.1. The number of hydrogen-bond donors (Lipinski definition) is 1. The van der Waals surface area contributed by atoms with Crippen LogP contribution in [0.1, 0.15) is 55.4 Å². The first-order valence-electron chi connectivity index (χ1n) is 6.97. The summed E-state index contributed by atoms with van der Waals surface area (Å²) in [6.45, 7) is 7.54. The number of Topliss-reactive ketones (excluding diaryl/α,β-unsaturated/α-hetero) is 1. The van der Waals surface area contributed by atoms with Gasteiger partial charge in [0.25, 0.3) is 0 Å². The van der Waals surface area contributed by atoms with Crippen LogP contribution in [-0.2, 0) is 16.6 Å². The third-order valence-electron chi connectivity index (χ3n) is 2.92. The average molecular weight is 321 g/mol. The van der Waals surface area contributed by atoms with Crippen molar-refractivity contribution in [2.45, 2.75) is 46.0 Å². The van der Waals surface area contributed by atoms with Crippen molar-refractivity contribution in [1.29, 1.82) is 0 Å². The van der Waals surface area contributed by atoms with Gasteiger partial charge in [-0.2, -0.15) is 0 Å². The number of anilines is 1. The van der Waals surface area contributed by atoms with Gasteiger partial charge in [-0.1, -0.05) is 32.1 Å². The fraction of sp³-hybridized carbons (Fsp3) is 0.467. The summed E-state index contributed by atoms with van der Waals surface area (Å²) in [5.41, 5.74) is -0.0970. The molecular formula is C15H19N3O3S. The van der Waals surface area contributed by atoms with Crippen molar-refractivity contribution in [2.75, 3.05) is 5.32 Å². The molecule has 0 aliphatic heterocycles. The molecule has 1 N–H and O–H groups in total. The van der Waals surface area contributed by atoms with Gasteiger partial charge in [0.2, 0.25) is 5.91 Å². The maximum Gasteiger partial charge on any atom is 0.223 e. The van der Waals surface area contributed by atoms with E-state index in [0.29, 0.717) is 28.7 Å². The summed E-state index contributed by atoms with van der Waals surface area (Å²) in [5, 5.41) is 2.99. The lowest BCUT2D eigenvalue weighted by atomic mass is 9.94. The van der Waals surface area contributed by atoms with Crippen molar-refractivity contribution >= 4 is 28.2 Å². The number of amides is 1. The van der Waals surface area contributed by atoms with Gasteiger partial charge in [-0.15, -0.1) is 0 Å². The number of aromatic nitrogens is 2. The van der Waals surface area contributed by atoms with E-state index in [9.17, 15) is 9.59 Å². The molecule has 2 heterocycles. The van der Waals surface area contributed by atoms with Gasteiger partial charge >= 0.3 is 0 Å². The largest absolute Gasteiger partial charge is 0.445 e. The third-order valence-corrected chi connectivity index (χ3v) is 3.88. The number of carbonyl (C=O) groups is 2. The van der Waals surface area contributed by atoms with Crippen LogP contribution in [0.5, 0.6) is 0 Å². The summed E-state index contributed by atoms with van der Waals surface area (Å²) < 4.78 is 5.66. The van der Waals surface area contributed by atoms with E-state index in [1.807, 2.05) is 20.8 Å². The maximum absolute atomic E-state index is 12.1. The molecule has 0 saturated carbocycles. The predicted molar refractivity (Wildman–Crippen MR) is 84.3 cm³/mol. The molecule has 2 aromatic rings. The summed E-state index contributed by atoms with van der Waals surface area (Å²) in [6.07, 6.45) is 3.93. The molecule has 2 rings (SSSR count). The molecule has 0 saturated heterocycles. The van der Waals surface area contributed by atoms with Crippen molar-refractivity contribution in [3.63, 3.8) is 0 Å². The van der Waals surface area contributed by atoms with E-state index in [0.717, 1.165) is 5.76 Å². The van der Waals surface area contributed by atoms with E-state index in [2.05, 4.69) is 15.3 Å². The number of carbonyl (C=O) groups excluding carboxylic acids is 2. The van der Waals surface area contributed by atoms with Gasteiger partial charge in [0, 0.05) is 25.2 Å². The summed E-state index contributed by atoms with van der Waals surface area (Å²) >= 11 is 1.17. The Morgan fingerprint density at radius 2 is 2.00 bits per heavy atom. The van der Waals surface area contributed by atoms with Crippen molar-refractivity contribution in [3.05, 3.63) is 28.9 Å². The Morgan fingerprint density at radius 3 is 2.59 bits per heavy atom. The van der Waals surface area contributed by atoms with Crippen molar-refractivity contribution in [1.82, 2.24) is 9.97 Å². The van der Waals surface area contributed by atoms with E-state index < -0.39 is 0 Å². The Hall–Kier alpha value is -2.02. The standard InChI is InChI=1S/C15H19N3O3S/c1-9(19)18-14-17-7-11(22-14)10(20)5-6-13-16-8-12(21-13)15(2,3)4/h7-8H,5-6H2,1-4H3,(H,17,18,19). The molecule has 118 valence electrons. The minimum Gasteiger partial charge on any atom is -0.445 e. The SMILES string of the molecule is CC(=O)Nc1ncc(C(=O)CCc2ncc(C(C)(C)C)o2)s1. The second-order valence-electron chi connectivity index (χ2n) is 6.00. The molecule has 2 aromatic heterocycles. The second kappa shape index (κ2) is 6.39. The number of hydrogen-bond acceptors (Lipinski definition) is 6. The Morgan fingerprint density at radius 1 is 1.27 bits per heavy atom. The first-order valence-corrected chi connectivity index (χ1v) is 7.79. The van der Waals surface area contributed by atoms with E-state index >= 15 is 0 Å². The molecule has 0 aromatic carbocycles. The fourth-order valence-electron chi connectivity index (χ4n) is 1.73. The number of ketones is 1. The van der Waals surface area contributed by atoms with Crippen molar-refractivity contribution < 1.29 is 14.0 Å².